The lowest BCUT2D eigenvalue weighted by molar-refractivity contribution is -0.697. The molecule has 0 bridgehead atoms. The normalized spacial score (nSPS) is 41.7. The molecule has 3 nitrogen and oxygen atoms in total. The van der Waals surface area contributed by atoms with Gasteiger partial charge < -0.3 is 5.11 Å². The highest BCUT2D eigenvalue weighted by Gasteiger charge is 2.60. The Morgan fingerprint density at radius 2 is 1.77 bits per heavy atom. The van der Waals surface area contributed by atoms with Crippen LogP contribution in [0.25, 0.3) is 0 Å². The lowest BCUT2D eigenvalue weighted by Gasteiger charge is -2.61. The average Bonchev–Trinajstić information content (AvgIpc) is 3.43. The minimum atomic E-state index is -0.0204. The van der Waals surface area contributed by atoms with Crippen LogP contribution in [0.5, 0.6) is 0 Å². The Hall–Kier alpha value is -0.830. The fourth-order valence-electron chi connectivity index (χ4n) is 10.3. The first-order chi connectivity index (χ1) is 16.8. The maximum Gasteiger partial charge on any atom is 0.243 e. The molecule has 5 rings (SSSR count). The van der Waals surface area contributed by atoms with Gasteiger partial charge in [0, 0.05) is 0 Å². The van der Waals surface area contributed by atoms with Crippen molar-refractivity contribution in [1.82, 2.24) is 4.57 Å². The Morgan fingerprint density at radius 3 is 2.60 bits per heavy atom. The summed E-state index contributed by atoms with van der Waals surface area (Å²) in [5.74, 6) is 5.42. The molecule has 1 aromatic heterocycles. The SMILES string of the molecule is CCCCCn1cc[n+](CCC[C@@H](C)[C@H]2CC[C@H]3[C@@H]4CC[C@@H]5C[C@H](O)CC[C@]5(C)[C@H]4CC[C@]23C)c1. The van der Waals surface area contributed by atoms with Crippen LogP contribution in [0, 0.1) is 46.3 Å². The molecule has 0 spiro atoms. The summed E-state index contributed by atoms with van der Waals surface area (Å²) in [6.07, 6.45) is 25.6. The first-order valence-electron chi connectivity index (χ1n) is 15.6. The van der Waals surface area contributed by atoms with Gasteiger partial charge >= 0.3 is 0 Å². The van der Waals surface area contributed by atoms with Gasteiger partial charge in [-0.2, -0.15) is 0 Å². The first-order valence-corrected chi connectivity index (χ1v) is 15.6. The second-order valence-corrected chi connectivity index (χ2v) is 14.0. The van der Waals surface area contributed by atoms with Gasteiger partial charge in [0.15, 0.2) is 0 Å². The van der Waals surface area contributed by atoms with E-state index >= 15 is 0 Å². The molecule has 35 heavy (non-hydrogen) atoms. The summed E-state index contributed by atoms with van der Waals surface area (Å²) in [6.45, 7) is 12.6. The maximum atomic E-state index is 10.3. The van der Waals surface area contributed by atoms with Gasteiger partial charge in [-0.25, -0.2) is 9.13 Å². The number of aryl methyl sites for hydroxylation is 2. The van der Waals surface area contributed by atoms with Crippen LogP contribution in [0.1, 0.15) is 118 Å². The van der Waals surface area contributed by atoms with Crippen LogP contribution in [0.15, 0.2) is 18.7 Å². The van der Waals surface area contributed by atoms with Gasteiger partial charge in [0.25, 0.3) is 0 Å². The van der Waals surface area contributed by atoms with Crippen molar-refractivity contribution in [3.8, 4) is 0 Å². The third-order valence-electron chi connectivity index (χ3n) is 12.2. The Kier molecular flexibility index (Phi) is 7.74. The first kappa shape index (κ1) is 25.8. The molecule has 9 atom stereocenters. The van der Waals surface area contributed by atoms with Crippen LogP contribution in [-0.2, 0) is 13.1 Å². The predicted octanol–water partition coefficient (Wildman–Crippen LogP) is 7.40. The number of unbranched alkanes of at least 4 members (excludes halogenated alkanes) is 2. The van der Waals surface area contributed by atoms with Crippen molar-refractivity contribution in [3.05, 3.63) is 18.7 Å². The van der Waals surface area contributed by atoms with E-state index in [9.17, 15) is 5.11 Å². The van der Waals surface area contributed by atoms with Crippen LogP contribution in [-0.4, -0.2) is 15.8 Å². The average molecular weight is 484 g/mol. The fourth-order valence-corrected chi connectivity index (χ4v) is 10.3. The van der Waals surface area contributed by atoms with Crippen LogP contribution >= 0.6 is 0 Å². The lowest BCUT2D eigenvalue weighted by atomic mass is 9.44. The summed E-state index contributed by atoms with van der Waals surface area (Å²) in [5, 5.41) is 10.3. The topological polar surface area (TPSA) is 29.0 Å². The highest BCUT2D eigenvalue weighted by molar-refractivity contribution is 5.09. The Morgan fingerprint density at radius 1 is 0.971 bits per heavy atom. The molecule has 3 heteroatoms. The molecule has 4 aliphatic rings. The monoisotopic (exact) mass is 483 g/mol. The van der Waals surface area contributed by atoms with Gasteiger partial charge in [0.2, 0.25) is 6.33 Å². The van der Waals surface area contributed by atoms with Crippen molar-refractivity contribution in [2.75, 3.05) is 0 Å². The summed E-state index contributed by atoms with van der Waals surface area (Å²) in [4.78, 5) is 0. The van der Waals surface area contributed by atoms with Crippen LogP contribution in [0.3, 0.4) is 0 Å². The molecule has 0 amide bonds. The number of imidazole rings is 1. The van der Waals surface area contributed by atoms with Crippen molar-refractivity contribution < 1.29 is 9.67 Å². The molecule has 198 valence electrons. The van der Waals surface area contributed by atoms with Crippen LogP contribution in [0.4, 0.5) is 0 Å². The highest BCUT2D eigenvalue weighted by Crippen LogP contribution is 2.68. The van der Waals surface area contributed by atoms with E-state index in [1.54, 1.807) is 0 Å². The zero-order valence-electron chi connectivity index (χ0n) is 23.4. The zero-order chi connectivity index (χ0) is 24.6. The van der Waals surface area contributed by atoms with Gasteiger partial charge in [-0.15, -0.1) is 0 Å². The van der Waals surface area contributed by atoms with Crippen LogP contribution < -0.4 is 4.57 Å². The van der Waals surface area contributed by atoms with Gasteiger partial charge in [-0.05, 0) is 130 Å². The third-order valence-corrected chi connectivity index (χ3v) is 12.2. The van der Waals surface area contributed by atoms with E-state index in [1.165, 1.54) is 90.1 Å². The van der Waals surface area contributed by atoms with E-state index in [1.807, 2.05) is 0 Å². The van der Waals surface area contributed by atoms with E-state index in [2.05, 4.69) is 55.6 Å². The molecular formula is C32H55N2O+. The lowest BCUT2D eigenvalue weighted by Crippen LogP contribution is -2.54. The van der Waals surface area contributed by atoms with Gasteiger partial charge in [0.1, 0.15) is 12.4 Å². The molecule has 1 N–H and O–H groups in total. The molecule has 0 radical (unpaired) electrons. The predicted molar refractivity (Wildman–Crippen MR) is 144 cm³/mol. The molecule has 0 aromatic carbocycles. The fraction of sp³-hybridized carbons (Fsp3) is 0.906. The smallest absolute Gasteiger partial charge is 0.243 e. The Labute approximate surface area is 216 Å². The summed E-state index contributed by atoms with van der Waals surface area (Å²) in [6, 6.07) is 0. The molecule has 0 saturated heterocycles. The number of aliphatic hydroxyl groups is 1. The van der Waals surface area contributed by atoms with Crippen molar-refractivity contribution in [3.63, 3.8) is 0 Å². The van der Waals surface area contributed by atoms with Gasteiger partial charge in [-0.3, -0.25) is 0 Å². The molecule has 1 heterocycles. The van der Waals surface area contributed by atoms with Crippen molar-refractivity contribution in [1.29, 1.82) is 0 Å². The summed E-state index contributed by atoms with van der Waals surface area (Å²) in [7, 11) is 0. The molecule has 4 aliphatic carbocycles. The minimum absolute atomic E-state index is 0.0204. The van der Waals surface area contributed by atoms with E-state index in [4.69, 9.17) is 0 Å². The van der Waals surface area contributed by atoms with Crippen LogP contribution in [0.2, 0.25) is 0 Å². The minimum Gasteiger partial charge on any atom is -0.393 e. The Balaban J connectivity index is 1.16. The number of fused-ring (bicyclic) bond motifs is 5. The summed E-state index contributed by atoms with van der Waals surface area (Å²) < 4.78 is 4.80. The number of aliphatic hydroxyl groups excluding tert-OH is 1. The molecular weight excluding hydrogens is 428 g/mol. The highest BCUT2D eigenvalue weighted by atomic mass is 16.3. The van der Waals surface area contributed by atoms with Gasteiger partial charge in [0.05, 0.1) is 19.2 Å². The molecule has 0 unspecified atom stereocenters. The number of hydrogen-bond acceptors (Lipinski definition) is 1. The second-order valence-electron chi connectivity index (χ2n) is 14.0. The molecule has 4 saturated carbocycles. The van der Waals surface area contributed by atoms with E-state index in [0.717, 1.165) is 48.3 Å². The summed E-state index contributed by atoms with van der Waals surface area (Å²) in [5.41, 5.74) is 1.09. The maximum absolute atomic E-state index is 10.3. The molecule has 0 aliphatic heterocycles. The van der Waals surface area contributed by atoms with E-state index in [-0.39, 0.29) is 6.10 Å². The quantitative estimate of drug-likeness (QED) is 0.288. The Bertz CT molecular complexity index is 833. The third kappa shape index (κ3) is 4.89. The second kappa shape index (κ2) is 10.5. The number of aromatic nitrogens is 2. The summed E-state index contributed by atoms with van der Waals surface area (Å²) >= 11 is 0. The van der Waals surface area contributed by atoms with E-state index in [0.29, 0.717) is 10.8 Å². The molecule has 1 aromatic rings. The largest absolute Gasteiger partial charge is 0.393 e. The number of rotatable bonds is 9. The molecule has 4 fully saturated rings. The van der Waals surface area contributed by atoms with Crippen molar-refractivity contribution in [2.24, 2.45) is 46.3 Å². The van der Waals surface area contributed by atoms with Gasteiger partial charge in [-0.1, -0.05) is 34.1 Å². The number of hydrogen-bond donors (Lipinski definition) is 1. The van der Waals surface area contributed by atoms with Crippen molar-refractivity contribution in [2.45, 2.75) is 137 Å². The zero-order valence-corrected chi connectivity index (χ0v) is 23.4. The number of nitrogens with zero attached hydrogens (tertiary/aromatic N) is 2. The van der Waals surface area contributed by atoms with E-state index < -0.39 is 0 Å². The van der Waals surface area contributed by atoms with Crippen molar-refractivity contribution >= 4 is 0 Å². The standard InChI is InChI=1S/C32H55N2O/c1-5-6-7-18-33-20-21-34(23-33)19-8-9-24(2)28-12-13-29-27-11-10-25-22-26(35)14-16-31(25,3)30(27)15-17-32(28,29)4/h20-21,23-30,35H,5-19,22H2,1-4H3/q+1/t24-,25-,26-,27+,28-,29+,30+,31+,32-/m1/s1.